The van der Waals surface area contributed by atoms with Gasteiger partial charge < -0.3 is 5.11 Å². The van der Waals surface area contributed by atoms with Gasteiger partial charge in [-0.15, -0.1) is 0 Å². The molecule has 0 aliphatic heterocycles. The van der Waals surface area contributed by atoms with Crippen molar-refractivity contribution in [1.82, 2.24) is 4.98 Å². The van der Waals surface area contributed by atoms with Gasteiger partial charge in [-0.25, -0.2) is 8.78 Å². The molecule has 0 aromatic carbocycles. The Labute approximate surface area is 107 Å². The Hall–Kier alpha value is -0.560. The summed E-state index contributed by atoms with van der Waals surface area (Å²) in [6.07, 6.45) is -2.93. The van der Waals surface area contributed by atoms with Crippen LogP contribution in [0.4, 0.5) is 8.78 Å². The number of carbonyl (C=O) groups is 1. The zero-order chi connectivity index (χ0) is 12.3. The number of alkyl halides is 3. The van der Waals surface area contributed by atoms with Crippen LogP contribution in [0, 0.1) is 0 Å². The van der Waals surface area contributed by atoms with Gasteiger partial charge in [0, 0.05) is 9.80 Å². The number of rotatable bonds is 4. The lowest BCUT2D eigenvalue weighted by molar-refractivity contribution is -0.136. The van der Waals surface area contributed by atoms with Crippen molar-refractivity contribution in [3.8, 4) is 0 Å². The number of nitrogens with zero attached hydrogens (tertiary/aromatic N) is 1. The molecule has 0 fully saturated rings. The van der Waals surface area contributed by atoms with Crippen molar-refractivity contribution in [3.63, 3.8) is 0 Å². The fourth-order valence-electron chi connectivity index (χ4n) is 1.21. The number of carboxylic acid groups (broad SMARTS) is 1. The second-order valence-corrected chi connectivity index (χ2v) is 4.38. The lowest BCUT2D eigenvalue weighted by atomic mass is 10.1. The second kappa shape index (κ2) is 5.67. The fraction of sp³-hybridized carbons (Fsp3) is 0.333. The van der Waals surface area contributed by atoms with Gasteiger partial charge in [0.2, 0.25) is 0 Å². The Morgan fingerprint density at radius 1 is 1.56 bits per heavy atom. The largest absolute Gasteiger partial charge is 0.481 e. The van der Waals surface area contributed by atoms with Gasteiger partial charge in [-0.1, -0.05) is 31.9 Å². The molecule has 1 aromatic heterocycles. The smallest absolute Gasteiger partial charge is 0.309 e. The molecule has 0 spiro atoms. The molecular formula is C9H7Br2F2NO2. The first-order chi connectivity index (χ1) is 7.45. The normalized spacial score (nSPS) is 10.8. The van der Waals surface area contributed by atoms with Crippen LogP contribution >= 0.6 is 31.9 Å². The summed E-state index contributed by atoms with van der Waals surface area (Å²) in [6.45, 7) is 0. The van der Waals surface area contributed by atoms with Crippen molar-refractivity contribution in [2.45, 2.75) is 18.2 Å². The molecule has 0 radical (unpaired) electrons. The summed E-state index contributed by atoms with van der Waals surface area (Å²) >= 11 is 6.04. The molecule has 0 aliphatic carbocycles. The van der Waals surface area contributed by atoms with Gasteiger partial charge in [-0.05, 0) is 6.07 Å². The Morgan fingerprint density at radius 3 is 2.62 bits per heavy atom. The summed E-state index contributed by atoms with van der Waals surface area (Å²) in [6, 6.07) is 1.31. The van der Waals surface area contributed by atoms with Gasteiger partial charge in [0.15, 0.2) is 0 Å². The van der Waals surface area contributed by atoms with Crippen LogP contribution in [0.2, 0.25) is 0 Å². The number of aliphatic carboxylic acids is 1. The van der Waals surface area contributed by atoms with E-state index < -0.39 is 12.4 Å². The van der Waals surface area contributed by atoms with Crippen LogP contribution in [0.15, 0.2) is 10.5 Å². The molecule has 0 aliphatic rings. The molecule has 1 heterocycles. The van der Waals surface area contributed by atoms with Crippen molar-refractivity contribution in [2.75, 3.05) is 0 Å². The Kier molecular flexibility index (Phi) is 4.79. The standard InChI is InChI=1S/C9H7Br2F2NO2/c10-3-6-8(9(12)13)5(11)1-4(14-6)2-7(15)16/h1,9H,2-3H2,(H,15,16). The molecule has 88 valence electrons. The van der Waals surface area contributed by atoms with E-state index in [1.807, 2.05) is 0 Å². The molecule has 0 saturated heterocycles. The minimum absolute atomic E-state index is 0.152. The van der Waals surface area contributed by atoms with E-state index in [0.717, 1.165) is 0 Å². The third-order valence-electron chi connectivity index (χ3n) is 1.82. The van der Waals surface area contributed by atoms with E-state index >= 15 is 0 Å². The molecule has 1 aromatic rings. The Bertz CT molecular complexity index is 413. The summed E-state index contributed by atoms with van der Waals surface area (Å²) < 4.78 is 25.5. The maximum atomic E-state index is 12.7. The predicted octanol–water partition coefficient (Wildman–Crippen LogP) is 3.30. The van der Waals surface area contributed by atoms with Crippen molar-refractivity contribution in [2.24, 2.45) is 0 Å². The molecule has 0 saturated carbocycles. The van der Waals surface area contributed by atoms with Crippen LogP contribution in [0.5, 0.6) is 0 Å². The molecule has 7 heteroatoms. The summed E-state index contributed by atoms with van der Waals surface area (Å²) in [7, 11) is 0. The Balaban J connectivity index is 3.20. The van der Waals surface area contributed by atoms with E-state index in [4.69, 9.17) is 5.11 Å². The lowest BCUT2D eigenvalue weighted by Gasteiger charge is -2.10. The van der Waals surface area contributed by atoms with E-state index in [0.29, 0.717) is 0 Å². The van der Waals surface area contributed by atoms with Gasteiger partial charge in [0.25, 0.3) is 6.43 Å². The highest BCUT2D eigenvalue weighted by molar-refractivity contribution is 9.10. The monoisotopic (exact) mass is 357 g/mol. The van der Waals surface area contributed by atoms with Gasteiger partial charge in [-0.2, -0.15) is 0 Å². The molecule has 1 N–H and O–H groups in total. The van der Waals surface area contributed by atoms with Crippen LogP contribution in [-0.2, 0) is 16.5 Å². The first kappa shape index (κ1) is 13.5. The molecule has 1 rings (SSSR count). The van der Waals surface area contributed by atoms with Gasteiger partial charge in [0.05, 0.1) is 23.4 Å². The van der Waals surface area contributed by atoms with Crippen LogP contribution in [-0.4, -0.2) is 16.1 Å². The first-order valence-corrected chi connectivity index (χ1v) is 6.11. The highest BCUT2D eigenvalue weighted by Crippen LogP contribution is 2.31. The summed E-state index contributed by atoms with van der Waals surface area (Å²) in [5, 5.41) is 8.74. The highest BCUT2D eigenvalue weighted by atomic mass is 79.9. The quantitative estimate of drug-likeness (QED) is 0.840. The Morgan fingerprint density at radius 2 is 2.19 bits per heavy atom. The molecule has 0 bridgehead atoms. The highest BCUT2D eigenvalue weighted by Gasteiger charge is 2.19. The fourth-order valence-corrected chi connectivity index (χ4v) is 2.30. The van der Waals surface area contributed by atoms with Crippen LogP contribution in [0.3, 0.4) is 0 Å². The topological polar surface area (TPSA) is 50.2 Å². The molecule has 0 amide bonds. The average Bonchev–Trinajstić information content (AvgIpc) is 2.14. The van der Waals surface area contributed by atoms with Crippen LogP contribution in [0.25, 0.3) is 0 Å². The van der Waals surface area contributed by atoms with Crippen LogP contribution < -0.4 is 0 Å². The minimum atomic E-state index is -2.65. The lowest BCUT2D eigenvalue weighted by Crippen LogP contribution is -2.06. The van der Waals surface area contributed by atoms with Crippen molar-refractivity contribution in [3.05, 3.63) is 27.5 Å². The summed E-state index contributed by atoms with van der Waals surface area (Å²) in [4.78, 5) is 14.4. The zero-order valence-electron chi connectivity index (χ0n) is 7.88. The van der Waals surface area contributed by atoms with Crippen molar-refractivity contribution in [1.29, 1.82) is 0 Å². The molecule has 0 unspecified atom stereocenters. The minimum Gasteiger partial charge on any atom is -0.481 e. The number of pyridine rings is 1. The first-order valence-electron chi connectivity index (χ1n) is 4.19. The molecule has 0 atom stereocenters. The number of aromatic nitrogens is 1. The van der Waals surface area contributed by atoms with E-state index in [1.165, 1.54) is 6.07 Å². The number of hydrogen-bond acceptors (Lipinski definition) is 2. The van der Waals surface area contributed by atoms with Gasteiger partial charge in [0.1, 0.15) is 0 Å². The average molecular weight is 359 g/mol. The molecule has 16 heavy (non-hydrogen) atoms. The number of hydrogen-bond donors (Lipinski definition) is 1. The predicted molar refractivity (Wildman–Crippen MR) is 60.9 cm³/mol. The van der Waals surface area contributed by atoms with Crippen molar-refractivity contribution < 1.29 is 18.7 Å². The van der Waals surface area contributed by atoms with Gasteiger partial charge in [-0.3, -0.25) is 9.78 Å². The molecular weight excluding hydrogens is 352 g/mol. The van der Waals surface area contributed by atoms with E-state index in [2.05, 4.69) is 36.8 Å². The van der Waals surface area contributed by atoms with Crippen molar-refractivity contribution >= 4 is 37.8 Å². The number of carboxylic acids is 1. The van der Waals surface area contributed by atoms with E-state index in [1.54, 1.807) is 0 Å². The van der Waals surface area contributed by atoms with E-state index in [9.17, 15) is 13.6 Å². The van der Waals surface area contributed by atoms with E-state index in [-0.39, 0.29) is 33.2 Å². The third-order valence-corrected chi connectivity index (χ3v) is 3.00. The SMILES string of the molecule is O=C(O)Cc1cc(Br)c(C(F)F)c(CBr)n1. The second-order valence-electron chi connectivity index (χ2n) is 2.96. The molecule has 3 nitrogen and oxygen atoms in total. The third kappa shape index (κ3) is 3.21. The number of halogens is 4. The zero-order valence-corrected chi connectivity index (χ0v) is 11.1. The maximum absolute atomic E-state index is 12.7. The van der Waals surface area contributed by atoms with Gasteiger partial charge >= 0.3 is 5.97 Å². The summed E-state index contributed by atoms with van der Waals surface area (Å²) in [5.41, 5.74) is 0.199. The summed E-state index contributed by atoms with van der Waals surface area (Å²) in [5.74, 6) is -1.05. The maximum Gasteiger partial charge on any atom is 0.309 e. The van der Waals surface area contributed by atoms with Crippen LogP contribution in [0.1, 0.15) is 23.4 Å².